The van der Waals surface area contributed by atoms with E-state index in [0.29, 0.717) is 5.56 Å². The summed E-state index contributed by atoms with van der Waals surface area (Å²) in [5.41, 5.74) is 3.97. The van der Waals surface area contributed by atoms with Crippen LogP contribution in [0.25, 0.3) is 22.4 Å². The highest BCUT2D eigenvalue weighted by Crippen LogP contribution is 2.24. The van der Waals surface area contributed by atoms with Gasteiger partial charge in [-0.1, -0.05) is 38.8 Å². The molecule has 0 saturated carbocycles. The quantitative estimate of drug-likeness (QED) is 0.333. The molecule has 1 aliphatic carbocycles. The number of benzene rings is 2. The Balaban J connectivity index is 1.43. The second-order valence-corrected chi connectivity index (χ2v) is 9.09. The number of nitrogens with one attached hydrogen (secondary N) is 3. The number of hydrogen-bond donors (Lipinski definition) is 3. The molecule has 6 heteroatoms. The van der Waals surface area contributed by atoms with Gasteiger partial charge in [-0.3, -0.25) is 9.59 Å². The molecule has 1 aliphatic rings. The van der Waals surface area contributed by atoms with Crippen molar-refractivity contribution in [3.63, 3.8) is 0 Å². The number of carbonyl (C=O) groups excluding carboxylic acids is 2. The predicted molar refractivity (Wildman–Crippen MR) is 138 cm³/mol. The molecule has 0 radical (unpaired) electrons. The van der Waals surface area contributed by atoms with Gasteiger partial charge in [-0.15, -0.1) is 0 Å². The van der Waals surface area contributed by atoms with Gasteiger partial charge in [-0.25, -0.2) is 4.98 Å². The Morgan fingerprint density at radius 2 is 1.94 bits per heavy atom. The van der Waals surface area contributed by atoms with Gasteiger partial charge in [-0.05, 0) is 74.6 Å². The molecule has 1 aromatic heterocycles. The maximum absolute atomic E-state index is 12.8. The van der Waals surface area contributed by atoms with E-state index in [0.717, 1.165) is 73.1 Å². The molecule has 3 N–H and O–H groups in total. The molecule has 0 fully saturated rings. The molecule has 6 nitrogen and oxygen atoms in total. The van der Waals surface area contributed by atoms with Crippen molar-refractivity contribution in [2.24, 2.45) is 5.92 Å². The van der Waals surface area contributed by atoms with Crippen LogP contribution in [0.1, 0.15) is 69.2 Å². The number of amides is 2. The summed E-state index contributed by atoms with van der Waals surface area (Å²) in [6.45, 7) is 4.27. The van der Waals surface area contributed by atoms with E-state index in [1.54, 1.807) is 0 Å². The second kappa shape index (κ2) is 11.1. The molecule has 34 heavy (non-hydrogen) atoms. The molecule has 0 aliphatic heterocycles. The molecular formula is C28H34N4O2. The van der Waals surface area contributed by atoms with E-state index in [1.807, 2.05) is 42.5 Å². The third-order valence-electron chi connectivity index (χ3n) is 6.55. The highest BCUT2D eigenvalue weighted by atomic mass is 16.2. The Bertz CT molecular complexity index is 1160. The number of aromatic nitrogens is 2. The fourth-order valence-corrected chi connectivity index (χ4v) is 4.37. The number of fused-ring (bicyclic) bond motifs is 1. The highest BCUT2D eigenvalue weighted by Gasteiger charge is 2.19. The highest BCUT2D eigenvalue weighted by molar-refractivity contribution is 5.98. The maximum Gasteiger partial charge on any atom is 0.251 e. The van der Waals surface area contributed by atoms with Gasteiger partial charge in [0.1, 0.15) is 5.82 Å². The lowest BCUT2D eigenvalue weighted by molar-refractivity contribution is -0.120. The fourth-order valence-electron chi connectivity index (χ4n) is 4.37. The Kier molecular flexibility index (Phi) is 7.78. The number of hydrogen-bond acceptors (Lipinski definition) is 3. The Labute approximate surface area is 201 Å². The van der Waals surface area contributed by atoms with Crippen LogP contribution < -0.4 is 10.6 Å². The van der Waals surface area contributed by atoms with Crippen molar-refractivity contribution >= 4 is 28.5 Å². The molecule has 3 aromatic rings. The normalized spacial score (nSPS) is 16.4. The number of nitrogens with zero attached hydrogens (tertiary/aromatic N) is 1. The van der Waals surface area contributed by atoms with Crippen molar-refractivity contribution in [1.82, 2.24) is 15.3 Å². The minimum atomic E-state index is -0.0528. The van der Waals surface area contributed by atoms with Crippen LogP contribution in [0.5, 0.6) is 0 Å². The standard InChI is InChI=1S/C28H34N4O2/c1-3-5-11-22(4-2)29-28(34)21-14-17-24-25(18-21)32-26(31-24)19-12-15-23(16-13-19)30-27(33)20-9-7-6-8-10-20/h6-7,12-18,20,22H,3-5,8-11H2,1-2H3,(H,29,34)(H,30,33)(H,31,32). The van der Waals surface area contributed by atoms with Crippen molar-refractivity contribution in [3.8, 4) is 11.4 Å². The molecule has 178 valence electrons. The van der Waals surface area contributed by atoms with Crippen molar-refractivity contribution in [3.05, 3.63) is 60.2 Å². The van der Waals surface area contributed by atoms with Crippen LogP contribution >= 0.6 is 0 Å². The van der Waals surface area contributed by atoms with Crippen LogP contribution in [0.2, 0.25) is 0 Å². The molecule has 4 rings (SSSR count). The SMILES string of the molecule is CCCCC(CC)NC(=O)c1ccc2[nH]c(-c3ccc(NC(=O)C4CC=CCC4)cc3)nc2c1. The van der Waals surface area contributed by atoms with Crippen molar-refractivity contribution in [2.45, 2.75) is 64.8 Å². The van der Waals surface area contributed by atoms with Crippen molar-refractivity contribution in [2.75, 3.05) is 5.32 Å². The lowest BCUT2D eigenvalue weighted by Gasteiger charge is -2.17. The van der Waals surface area contributed by atoms with E-state index >= 15 is 0 Å². The van der Waals surface area contributed by atoms with E-state index in [2.05, 4.69) is 41.6 Å². The van der Waals surface area contributed by atoms with Crippen molar-refractivity contribution < 1.29 is 9.59 Å². The number of imidazole rings is 1. The molecule has 1 heterocycles. The van der Waals surface area contributed by atoms with Crippen LogP contribution in [-0.4, -0.2) is 27.8 Å². The Hall–Kier alpha value is -3.41. The average molecular weight is 459 g/mol. The summed E-state index contributed by atoms with van der Waals surface area (Å²) in [5.74, 6) is 0.803. The number of rotatable bonds is 9. The first-order chi connectivity index (χ1) is 16.6. The predicted octanol–water partition coefficient (Wildman–Crippen LogP) is 6.22. The molecule has 0 bridgehead atoms. The number of aromatic amines is 1. The van der Waals surface area contributed by atoms with Gasteiger partial charge in [0.05, 0.1) is 11.0 Å². The van der Waals surface area contributed by atoms with E-state index in [4.69, 9.17) is 4.98 Å². The first-order valence-corrected chi connectivity index (χ1v) is 12.4. The number of allylic oxidation sites excluding steroid dienone is 2. The van der Waals surface area contributed by atoms with Gasteiger partial charge in [0.25, 0.3) is 5.91 Å². The van der Waals surface area contributed by atoms with Crippen LogP contribution in [0.3, 0.4) is 0 Å². The molecular weight excluding hydrogens is 424 g/mol. The summed E-state index contributed by atoms with van der Waals surface area (Å²) in [7, 11) is 0. The van der Waals surface area contributed by atoms with Gasteiger partial charge in [0.15, 0.2) is 0 Å². The minimum Gasteiger partial charge on any atom is -0.349 e. The van der Waals surface area contributed by atoms with Crippen LogP contribution in [-0.2, 0) is 4.79 Å². The molecule has 0 spiro atoms. The molecule has 2 aromatic carbocycles. The Morgan fingerprint density at radius 3 is 2.65 bits per heavy atom. The molecule has 2 atom stereocenters. The zero-order valence-corrected chi connectivity index (χ0v) is 20.1. The fraction of sp³-hybridized carbons (Fsp3) is 0.393. The van der Waals surface area contributed by atoms with Crippen LogP contribution in [0.15, 0.2) is 54.6 Å². The molecule has 2 amide bonds. The van der Waals surface area contributed by atoms with Crippen LogP contribution in [0.4, 0.5) is 5.69 Å². The largest absolute Gasteiger partial charge is 0.349 e. The average Bonchev–Trinajstić information content (AvgIpc) is 3.31. The lowest BCUT2D eigenvalue weighted by atomic mass is 9.93. The summed E-state index contributed by atoms with van der Waals surface area (Å²) in [5, 5.41) is 6.17. The van der Waals surface area contributed by atoms with Crippen LogP contribution in [0, 0.1) is 5.92 Å². The maximum atomic E-state index is 12.8. The first kappa shape index (κ1) is 23.7. The summed E-state index contributed by atoms with van der Waals surface area (Å²) < 4.78 is 0. The summed E-state index contributed by atoms with van der Waals surface area (Å²) in [6, 6.07) is 13.5. The zero-order chi connectivity index (χ0) is 23.9. The third kappa shape index (κ3) is 5.74. The number of anilines is 1. The number of carbonyl (C=O) groups is 2. The van der Waals surface area contributed by atoms with E-state index < -0.39 is 0 Å². The summed E-state index contributed by atoms with van der Waals surface area (Å²) in [4.78, 5) is 33.3. The summed E-state index contributed by atoms with van der Waals surface area (Å²) >= 11 is 0. The number of H-pyrrole nitrogens is 1. The van der Waals surface area contributed by atoms with Gasteiger partial charge < -0.3 is 15.6 Å². The minimum absolute atomic E-state index is 0.0469. The van der Waals surface area contributed by atoms with Gasteiger partial charge in [0, 0.05) is 28.8 Å². The molecule has 0 saturated heterocycles. The van der Waals surface area contributed by atoms with E-state index in [1.165, 1.54) is 0 Å². The van der Waals surface area contributed by atoms with Gasteiger partial charge in [-0.2, -0.15) is 0 Å². The Morgan fingerprint density at radius 1 is 1.12 bits per heavy atom. The van der Waals surface area contributed by atoms with E-state index in [-0.39, 0.29) is 23.8 Å². The topological polar surface area (TPSA) is 86.9 Å². The third-order valence-corrected chi connectivity index (χ3v) is 6.55. The smallest absolute Gasteiger partial charge is 0.251 e. The second-order valence-electron chi connectivity index (χ2n) is 9.09. The van der Waals surface area contributed by atoms with Gasteiger partial charge in [0.2, 0.25) is 5.91 Å². The van der Waals surface area contributed by atoms with E-state index in [9.17, 15) is 9.59 Å². The zero-order valence-electron chi connectivity index (χ0n) is 20.1. The van der Waals surface area contributed by atoms with Crippen molar-refractivity contribution in [1.29, 1.82) is 0 Å². The summed E-state index contributed by atoms with van der Waals surface area (Å²) in [6.07, 6.45) is 11.1. The monoisotopic (exact) mass is 458 g/mol. The first-order valence-electron chi connectivity index (χ1n) is 12.4. The number of unbranched alkanes of at least 4 members (excludes halogenated alkanes) is 1. The molecule has 2 unspecified atom stereocenters. The lowest BCUT2D eigenvalue weighted by Crippen LogP contribution is -2.34. The van der Waals surface area contributed by atoms with Gasteiger partial charge >= 0.3 is 0 Å².